The molecule has 1 N–H and O–H groups in total. The van der Waals surface area contributed by atoms with E-state index in [0.29, 0.717) is 13.2 Å². The van der Waals surface area contributed by atoms with Gasteiger partial charge in [-0.2, -0.15) is 0 Å². The highest BCUT2D eigenvalue weighted by Gasteiger charge is 2.51. The van der Waals surface area contributed by atoms with Crippen LogP contribution >= 0.6 is 0 Å². The molecule has 1 saturated carbocycles. The minimum Gasteiger partial charge on any atom is -0.394 e. The third kappa shape index (κ3) is 3.49. The SMILES string of the molecule is CO[C@@]12CC[C@@H](OCCO)C[C@@H]1N(Cc1cc(C)ccc1F)CC2. The molecule has 134 valence electrons. The van der Waals surface area contributed by atoms with Crippen LogP contribution in [0.25, 0.3) is 0 Å². The summed E-state index contributed by atoms with van der Waals surface area (Å²) in [4.78, 5) is 2.34. The maximum Gasteiger partial charge on any atom is 0.127 e. The van der Waals surface area contributed by atoms with E-state index in [-0.39, 0.29) is 30.2 Å². The van der Waals surface area contributed by atoms with Gasteiger partial charge in [-0.15, -0.1) is 0 Å². The van der Waals surface area contributed by atoms with Crippen molar-refractivity contribution in [2.75, 3.05) is 26.9 Å². The van der Waals surface area contributed by atoms with Crippen molar-refractivity contribution in [3.63, 3.8) is 0 Å². The highest BCUT2D eigenvalue weighted by Crippen LogP contribution is 2.43. The van der Waals surface area contributed by atoms with E-state index in [1.807, 2.05) is 19.1 Å². The number of ether oxygens (including phenoxy) is 2. The lowest BCUT2D eigenvalue weighted by atomic mass is 9.79. The zero-order chi connectivity index (χ0) is 17.2. The second-order valence-corrected chi connectivity index (χ2v) is 7.09. The van der Waals surface area contributed by atoms with Crippen molar-refractivity contribution in [3.8, 4) is 0 Å². The predicted molar refractivity (Wildman–Crippen MR) is 90.4 cm³/mol. The van der Waals surface area contributed by atoms with Crippen LogP contribution in [-0.4, -0.2) is 54.6 Å². The minimum absolute atomic E-state index is 0.0504. The number of hydrogen-bond acceptors (Lipinski definition) is 4. The van der Waals surface area contributed by atoms with Crippen LogP contribution in [0.3, 0.4) is 0 Å². The number of hydrogen-bond donors (Lipinski definition) is 1. The van der Waals surface area contributed by atoms with E-state index in [2.05, 4.69) is 4.90 Å². The third-order valence-electron chi connectivity index (χ3n) is 5.67. The Labute approximate surface area is 143 Å². The van der Waals surface area contributed by atoms with Gasteiger partial charge in [-0.25, -0.2) is 4.39 Å². The standard InChI is InChI=1S/C19H28FNO3/c1-14-3-4-17(20)15(11-14)13-21-8-7-19(23-2)6-5-16(12-18(19)21)24-10-9-22/h3-4,11,16,18,22H,5-10,12-13H2,1-2H3/t16-,18+,19-/m1/s1. The van der Waals surface area contributed by atoms with Gasteiger partial charge in [-0.1, -0.05) is 17.7 Å². The van der Waals surface area contributed by atoms with Gasteiger partial charge in [0.25, 0.3) is 0 Å². The maximum atomic E-state index is 14.2. The Morgan fingerprint density at radius 1 is 1.38 bits per heavy atom. The Morgan fingerprint density at radius 2 is 2.21 bits per heavy atom. The van der Waals surface area contributed by atoms with Gasteiger partial charge < -0.3 is 14.6 Å². The van der Waals surface area contributed by atoms with Crippen molar-refractivity contribution in [1.82, 2.24) is 4.90 Å². The van der Waals surface area contributed by atoms with Crippen LogP contribution in [-0.2, 0) is 16.0 Å². The van der Waals surface area contributed by atoms with Gasteiger partial charge in [-0.05, 0) is 38.7 Å². The molecule has 1 saturated heterocycles. The monoisotopic (exact) mass is 337 g/mol. The Bertz CT molecular complexity index is 568. The summed E-state index contributed by atoms with van der Waals surface area (Å²) in [5.41, 5.74) is 1.69. The molecule has 0 amide bonds. The quantitative estimate of drug-likeness (QED) is 0.867. The zero-order valence-corrected chi connectivity index (χ0v) is 14.6. The van der Waals surface area contributed by atoms with Gasteiger partial charge in [0.05, 0.1) is 24.9 Å². The lowest BCUT2D eigenvalue weighted by Gasteiger charge is -2.43. The highest BCUT2D eigenvalue weighted by atomic mass is 19.1. The molecule has 1 aliphatic carbocycles. The molecule has 0 unspecified atom stereocenters. The van der Waals surface area contributed by atoms with E-state index in [0.717, 1.165) is 43.4 Å². The summed E-state index contributed by atoms with van der Waals surface area (Å²) >= 11 is 0. The Balaban J connectivity index is 1.75. The zero-order valence-electron chi connectivity index (χ0n) is 14.6. The number of likely N-dealkylation sites (tertiary alicyclic amines) is 1. The number of rotatable bonds is 6. The van der Waals surface area contributed by atoms with E-state index < -0.39 is 0 Å². The number of aryl methyl sites for hydroxylation is 1. The molecular formula is C19H28FNO3. The Morgan fingerprint density at radius 3 is 2.96 bits per heavy atom. The van der Waals surface area contributed by atoms with E-state index in [4.69, 9.17) is 14.6 Å². The largest absolute Gasteiger partial charge is 0.394 e. The molecule has 1 aliphatic heterocycles. The van der Waals surface area contributed by atoms with Crippen molar-refractivity contribution < 1.29 is 19.0 Å². The summed E-state index contributed by atoms with van der Waals surface area (Å²) in [6, 6.07) is 5.53. The van der Waals surface area contributed by atoms with Crippen LogP contribution in [0.4, 0.5) is 4.39 Å². The van der Waals surface area contributed by atoms with E-state index in [9.17, 15) is 4.39 Å². The third-order valence-corrected chi connectivity index (χ3v) is 5.67. The fraction of sp³-hybridized carbons (Fsp3) is 0.684. The van der Waals surface area contributed by atoms with Crippen molar-refractivity contribution in [3.05, 3.63) is 35.1 Å². The molecule has 2 fully saturated rings. The first-order valence-electron chi connectivity index (χ1n) is 8.84. The van der Waals surface area contributed by atoms with Gasteiger partial charge in [0.15, 0.2) is 0 Å². The first-order chi connectivity index (χ1) is 11.6. The lowest BCUT2D eigenvalue weighted by molar-refractivity contribution is -0.104. The van der Waals surface area contributed by atoms with Crippen molar-refractivity contribution in [2.45, 2.75) is 56.9 Å². The second-order valence-electron chi connectivity index (χ2n) is 7.09. The summed E-state index contributed by atoms with van der Waals surface area (Å²) in [5.74, 6) is -0.139. The molecule has 1 heterocycles. The summed E-state index contributed by atoms with van der Waals surface area (Å²) in [6.45, 7) is 3.94. The van der Waals surface area contributed by atoms with Crippen molar-refractivity contribution in [1.29, 1.82) is 0 Å². The summed E-state index contributed by atoms with van der Waals surface area (Å²) < 4.78 is 25.9. The van der Waals surface area contributed by atoms with Crippen LogP contribution in [0.15, 0.2) is 18.2 Å². The number of methoxy groups -OCH3 is 1. The summed E-state index contributed by atoms with van der Waals surface area (Å²) in [5, 5.41) is 8.98. The molecule has 5 heteroatoms. The van der Waals surface area contributed by atoms with Crippen LogP contribution in [0.2, 0.25) is 0 Å². The first-order valence-corrected chi connectivity index (χ1v) is 8.84. The molecule has 2 aliphatic rings. The second kappa shape index (κ2) is 7.48. The van der Waals surface area contributed by atoms with Gasteiger partial charge >= 0.3 is 0 Å². The normalized spacial score (nSPS) is 30.5. The molecule has 1 aromatic carbocycles. The average Bonchev–Trinajstić information content (AvgIpc) is 2.95. The fourth-order valence-electron chi connectivity index (χ4n) is 4.36. The molecule has 0 bridgehead atoms. The van der Waals surface area contributed by atoms with Crippen LogP contribution in [0, 0.1) is 12.7 Å². The number of aliphatic hydroxyl groups excluding tert-OH is 1. The Kier molecular flexibility index (Phi) is 5.55. The van der Waals surface area contributed by atoms with E-state index in [1.165, 1.54) is 0 Å². The van der Waals surface area contributed by atoms with Gasteiger partial charge in [-0.3, -0.25) is 4.90 Å². The lowest BCUT2D eigenvalue weighted by Crippen LogP contribution is -2.51. The van der Waals surface area contributed by atoms with Crippen LogP contribution < -0.4 is 0 Å². The van der Waals surface area contributed by atoms with Crippen LogP contribution in [0.1, 0.15) is 36.8 Å². The molecule has 24 heavy (non-hydrogen) atoms. The predicted octanol–water partition coefficient (Wildman–Crippen LogP) is 2.66. The van der Waals surface area contributed by atoms with Gasteiger partial charge in [0.1, 0.15) is 5.82 Å². The van der Waals surface area contributed by atoms with Crippen molar-refractivity contribution in [2.24, 2.45) is 0 Å². The number of aliphatic hydroxyl groups is 1. The molecule has 0 aromatic heterocycles. The first kappa shape index (κ1) is 17.8. The topological polar surface area (TPSA) is 41.9 Å². The summed E-state index contributed by atoms with van der Waals surface area (Å²) in [6.07, 6.45) is 3.91. The molecule has 4 nitrogen and oxygen atoms in total. The summed E-state index contributed by atoms with van der Waals surface area (Å²) in [7, 11) is 1.79. The number of fused-ring (bicyclic) bond motifs is 1. The van der Waals surface area contributed by atoms with E-state index in [1.54, 1.807) is 13.2 Å². The van der Waals surface area contributed by atoms with Crippen LogP contribution in [0.5, 0.6) is 0 Å². The number of nitrogens with zero attached hydrogens (tertiary/aromatic N) is 1. The number of benzene rings is 1. The average molecular weight is 337 g/mol. The smallest absolute Gasteiger partial charge is 0.127 e. The van der Waals surface area contributed by atoms with E-state index >= 15 is 0 Å². The maximum absolute atomic E-state index is 14.2. The minimum atomic E-state index is -0.140. The molecule has 3 atom stereocenters. The highest BCUT2D eigenvalue weighted by molar-refractivity contribution is 5.24. The molecule has 0 radical (unpaired) electrons. The number of halogens is 1. The molecule has 1 aromatic rings. The van der Waals surface area contributed by atoms with Gasteiger partial charge in [0, 0.05) is 31.8 Å². The fourth-order valence-corrected chi connectivity index (χ4v) is 4.36. The molecular weight excluding hydrogens is 309 g/mol. The Hall–Kier alpha value is -1.01. The molecule has 3 rings (SSSR count). The van der Waals surface area contributed by atoms with Crippen molar-refractivity contribution >= 4 is 0 Å². The molecule has 0 spiro atoms. The van der Waals surface area contributed by atoms with Gasteiger partial charge in [0.2, 0.25) is 0 Å².